The van der Waals surface area contributed by atoms with Gasteiger partial charge in [0.25, 0.3) is 11.8 Å². The van der Waals surface area contributed by atoms with Crippen LogP contribution < -0.4 is 20.2 Å². The largest absolute Gasteiger partial charge is 0.482 e. The van der Waals surface area contributed by atoms with E-state index in [2.05, 4.69) is 15.8 Å². The number of hydrogen-bond acceptors (Lipinski definition) is 7. The highest BCUT2D eigenvalue weighted by atomic mass is 35.5. The number of rotatable bonds is 13. The van der Waals surface area contributed by atoms with Gasteiger partial charge in [0, 0.05) is 16.7 Å². The van der Waals surface area contributed by atoms with Crippen molar-refractivity contribution in [3.05, 3.63) is 98.0 Å². The Hall–Kier alpha value is -4.15. The summed E-state index contributed by atoms with van der Waals surface area (Å²) in [6, 6.07) is 17.3. The van der Waals surface area contributed by atoms with Crippen LogP contribution in [0, 0.1) is 16.0 Å². The van der Waals surface area contributed by atoms with Crippen molar-refractivity contribution >= 4 is 46.9 Å². The zero-order valence-corrected chi connectivity index (χ0v) is 24.2. The number of carbonyl (C=O) groups excluding carboxylic acids is 2. The molecule has 10 nitrogen and oxygen atoms in total. The molecule has 0 spiro atoms. The van der Waals surface area contributed by atoms with Crippen LogP contribution in [0.3, 0.4) is 0 Å². The van der Waals surface area contributed by atoms with Gasteiger partial charge in [0.1, 0.15) is 18.4 Å². The van der Waals surface area contributed by atoms with E-state index in [9.17, 15) is 19.7 Å². The fraction of sp³-hybridized carbons (Fsp3) is 0.276. The second kappa shape index (κ2) is 15.0. The molecule has 3 aromatic carbocycles. The highest BCUT2D eigenvalue weighted by molar-refractivity contribution is 6.35. The van der Waals surface area contributed by atoms with E-state index >= 15 is 0 Å². The summed E-state index contributed by atoms with van der Waals surface area (Å²) in [5.74, 6) is -0.627. The summed E-state index contributed by atoms with van der Waals surface area (Å²) in [5.41, 5.74) is 3.39. The number of hydrazone groups is 1. The number of hydrogen-bond donors (Lipinski definition) is 2. The molecule has 0 aliphatic heterocycles. The van der Waals surface area contributed by atoms with Crippen LogP contribution in [-0.2, 0) is 16.2 Å². The first-order valence-electron chi connectivity index (χ1n) is 12.7. The smallest absolute Gasteiger partial charge is 0.311 e. The van der Waals surface area contributed by atoms with Gasteiger partial charge in [-0.1, -0.05) is 67.4 Å². The minimum atomic E-state index is -0.956. The monoisotopic (exact) mass is 600 g/mol. The first-order chi connectivity index (χ1) is 19.5. The Kier molecular flexibility index (Phi) is 11.5. The molecule has 0 aliphatic rings. The minimum absolute atomic E-state index is 0.0723. The Morgan fingerprint density at radius 2 is 1.71 bits per heavy atom. The fourth-order valence-electron chi connectivity index (χ4n) is 3.67. The highest BCUT2D eigenvalue weighted by Gasteiger charge is 2.25. The van der Waals surface area contributed by atoms with Gasteiger partial charge in [-0.15, -0.1) is 0 Å². The number of halogens is 2. The van der Waals surface area contributed by atoms with Crippen LogP contribution >= 0.6 is 23.2 Å². The van der Waals surface area contributed by atoms with Crippen LogP contribution in [0.1, 0.15) is 38.3 Å². The van der Waals surface area contributed by atoms with Crippen molar-refractivity contribution in [1.82, 2.24) is 10.7 Å². The molecule has 0 aliphatic carbocycles. The average Bonchev–Trinajstić information content (AvgIpc) is 2.93. The fourth-order valence-corrected chi connectivity index (χ4v) is 4.12. The Morgan fingerprint density at radius 1 is 1.00 bits per heavy atom. The average molecular weight is 601 g/mol. The molecule has 12 heteroatoms. The molecule has 0 heterocycles. The molecular formula is C29H30Cl2N4O6. The predicted octanol–water partition coefficient (Wildman–Crippen LogP) is 5.93. The van der Waals surface area contributed by atoms with Gasteiger partial charge >= 0.3 is 5.69 Å². The molecule has 0 radical (unpaired) electrons. The van der Waals surface area contributed by atoms with Gasteiger partial charge in [-0.3, -0.25) is 19.7 Å². The summed E-state index contributed by atoms with van der Waals surface area (Å²) in [5, 5.41) is 18.9. The van der Waals surface area contributed by atoms with E-state index < -0.39 is 28.9 Å². The van der Waals surface area contributed by atoms with E-state index in [0.717, 1.165) is 5.56 Å². The molecule has 0 aromatic heterocycles. The van der Waals surface area contributed by atoms with Crippen LogP contribution in [0.25, 0.3) is 0 Å². The second-order valence-corrected chi connectivity index (χ2v) is 10.4. The van der Waals surface area contributed by atoms with Crippen LogP contribution in [0.4, 0.5) is 5.69 Å². The molecule has 0 saturated carbocycles. The van der Waals surface area contributed by atoms with Crippen molar-refractivity contribution in [2.75, 3.05) is 0 Å². The Labute approximate surface area is 247 Å². The van der Waals surface area contributed by atoms with Crippen LogP contribution in [-0.4, -0.2) is 35.1 Å². The van der Waals surface area contributed by atoms with Crippen molar-refractivity contribution in [3.8, 4) is 11.5 Å². The third kappa shape index (κ3) is 9.77. The summed E-state index contributed by atoms with van der Waals surface area (Å²) in [4.78, 5) is 36.7. The SMILES string of the molecule is CC(C)C[C@H](NC(=O)[C@H](C)Oc1ccc(Cl)cc1Cl)C(=O)N/N=C\c1ccc(OCc2ccccc2)c([N+](=O)[O-])c1. The molecule has 3 aromatic rings. The van der Waals surface area contributed by atoms with E-state index in [1.54, 1.807) is 18.2 Å². The van der Waals surface area contributed by atoms with Crippen molar-refractivity contribution in [2.24, 2.45) is 11.0 Å². The van der Waals surface area contributed by atoms with Crippen LogP contribution in [0.2, 0.25) is 10.0 Å². The molecular weight excluding hydrogens is 571 g/mol. The number of nitrogens with one attached hydrogen (secondary N) is 2. The molecule has 216 valence electrons. The maximum absolute atomic E-state index is 12.9. The van der Waals surface area contributed by atoms with E-state index in [4.69, 9.17) is 32.7 Å². The lowest BCUT2D eigenvalue weighted by molar-refractivity contribution is -0.385. The third-order valence-corrected chi connectivity index (χ3v) is 6.24. The zero-order valence-electron chi connectivity index (χ0n) is 22.7. The summed E-state index contributed by atoms with van der Waals surface area (Å²) in [6.45, 7) is 5.51. The topological polar surface area (TPSA) is 132 Å². The number of carbonyl (C=O) groups is 2. The van der Waals surface area contributed by atoms with Crippen molar-refractivity contribution < 1.29 is 24.0 Å². The molecule has 0 unspecified atom stereocenters. The van der Waals surface area contributed by atoms with E-state index in [1.807, 2.05) is 44.2 Å². The second-order valence-electron chi connectivity index (χ2n) is 9.52. The molecule has 2 atom stereocenters. The Morgan fingerprint density at radius 3 is 2.37 bits per heavy atom. The molecule has 0 saturated heterocycles. The predicted molar refractivity (Wildman–Crippen MR) is 158 cm³/mol. The van der Waals surface area contributed by atoms with E-state index in [-0.39, 0.29) is 34.7 Å². The van der Waals surface area contributed by atoms with Crippen LogP contribution in [0.15, 0.2) is 71.8 Å². The lowest BCUT2D eigenvalue weighted by atomic mass is 10.0. The van der Waals surface area contributed by atoms with Gasteiger partial charge in [-0.2, -0.15) is 5.10 Å². The third-order valence-electron chi connectivity index (χ3n) is 5.71. The van der Waals surface area contributed by atoms with Crippen LogP contribution in [0.5, 0.6) is 11.5 Å². The van der Waals surface area contributed by atoms with Crippen molar-refractivity contribution in [2.45, 2.75) is 45.9 Å². The van der Waals surface area contributed by atoms with Gasteiger partial charge < -0.3 is 14.8 Å². The Bertz CT molecular complexity index is 1400. The summed E-state index contributed by atoms with van der Waals surface area (Å²) in [6.07, 6.45) is 0.650. The zero-order chi connectivity index (χ0) is 29.9. The first-order valence-corrected chi connectivity index (χ1v) is 13.5. The van der Waals surface area contributed by atoms with Gasteiger partial charge in [-0.25, -0.2) is 5.43 Å². The van der Waals surface area contributed by atoms with Gasteiger partial charge in [0.15, 0.2) is 11.9 Å². The highest BCUT2D eigenvalue weighted by Crippen LogP contribution is 2.29. The quantitative estimate of drug-likeness (QED) is 0.142. The van der Waals surface area contributed by atoms with E-state index in [0.29, 0.717) is 17.0 Å². The molecule has 3 rings (SSSR count). The van der Waals surface area contributed by atoms with Crippen molar-refractivity contribution in [3.63, 3.8) is 0 Å². The van der Waals surface area contributed by atoms with Gasteiger partial charge in [0.05, 0.1) is 16.2 Å². The normalized spacial score (nSPS) is 12.5. The van der Waals surface area contributed by atoms with Gasteiger partial charge in [0.2, 0.25) is 0 Å². The minimum Gasteiger partial charge on any atom is -0.482 e. The number of nitro groups is 1. The molecule has 41 heavy (non-hydrogen) atoms. The maximum atomic E-state index is 12.9. The lowest BCUT2D eigenvalue weighted by Gasteiger charge is -2.22. The molecule has 2 amide bonds. The summed E-state index contributed by atoms with van der Waals surface area (Å²) < 4.78 is 11.3. The summed E-state index contributed by atoms with van der Waals surface area (Å²) >= 11 is 12.0. The number of nitrogens with zero attached hydrogens (tertiary/aromatic N) is 2. The van der Waals surface area contributed by atoms with Crippen molar-refractivity contribution in [1.29, 1.82) is 0 Å². The number of benzene rings is 3. The summed E-state index contributed by atoms with van der Waals surface area (Å²) in [7, 11) is 0. The molecule has 0 bridgehead atoms. The van der Waals surface area contributed by atoms with Gasteiger partial charge in [-0.05, 0) is 55.2 Å². The Balaban J connectivity index is 1.63. The standard InChI is InChI=1S/C29H30Cl2N4O6/c1-18(2)13-24(33-28(36)19(3)41-26-12-10-22(30)15-23(26)31)29(37)34-32-16-21-9-11-27(25(14-21)35(38)39)40-17-20-7-5-4-6-8-20/h4-12,14-16,18-19,24H,13,17H2,1-3H3,(H,33,36)(H,34,37)/b32-16-/t19-,24-/m0/s1. The first kappa shape index (κ1) is 31.4. The maximum Gasteiger partial charge on any atom is 0.311 e. The molecule has 2 N–H and O–H groups in total. The number of ether oxygens (including phenoxy) is 2. The number of amides is 2. The lowest BCUT2D eigenvalue weighted by Crippen LogP contribution is -2.49. The van der Waals surface area contributed by atoms with E-state index in [1.165, 1.54) is 31.3 Å². The number of nitro benzene ring substituents is 1. The molecule has 0 fully saturated rings.